The Hall–Kier alpha value is -3.01. The number of fused-ring (bicyclic) bond motifs is 2. The number of H-pyrrole nitrogens is 1. The number of nitrogens with two attached hydrogens (primary N) is 1. The summed E-state index contributed by atoms with van der Waals surface area (Å²) in [7, 11) is 0. The van der Waals surface area contributed by atoms with Crippen molar-refractivity contribution in [2.24, 2.45) is 0 Å². The molecule has 2 aromatic heterocycles. The van der Waals surface area contributed by atoms with E-state index in [1.165, 1.54) is 5.39 Å². The maximum absolute atomic E-state index is 5.89. The summed E-state index contributed by atoms with van der Waals surface area (Å²) in [6, 6.07) is 16.0. The SMILES string of the molecule is Nc1ccc2nccc(Nc3ccc4[nH]ccc4c3)c2c1. The van der Waals surface area contributed by atoms with Gasteiger partial charge in [-0.1, -0.05) is 0 Å². The van der Waals surface area contributed by atoms with Crippen LogP contribution >= 0.6 is 0 Å². The Morgan fingerprint density at radius 2 is 1.95 bits per heavy atom. The van der Waals surface area contributed by atoms with Gasteiger partial charge in [0.15, 0.2) is 0 Å². The van der Waals surface area contributed by atoms with Gasteiger partial charge in [-0.05, 0) is 48.5 Å². The third kappa shape index (κ3) is 2.07. The number of benzene rings is 2. The molecule has 0 aliphatic heterocycles. The fourth-order valence-corrected chi connectivity index (χ4v) is 2.56. The van der Waals surface area contributed by atoms with Crippen LogP contribution in [0.15, 0.2) is 60.9 Å². The Morgan fingerprint density at radius 1 is 1.00 bits per heavy atom. The number of nitrogen functional groups attached to an aromatic ring is 1. The average molecular weight is 274 g/mol. The molecule has 21 heavy (non-hydrogen) atoms. The molecule has 4 nitrogen and oxygen atoms in total. The number of nitrogens with zero attached hydrogens (tertiary/aromatic N) is 1. The Kier molecular flexibility index (Phi) is 2.54. The molecule has 0 radical (unpaired) electrons. The van der Waals surface area contributed by atoms with Gasteiger partial charge in [0.05, 0.1) is 5.52 Å². The molecule has 0 spiro atoms. The first-order valence-corrected chi connectivity index (χ1v) is 6.78. The maximum atomic E-state index is 5.89. The zero-order valence-corrected chi connectivity index (χ0v) is 11.3. The molecular formula is C17H14N4. The van der Waals surface area contributed by atoms with Gasteiger partial charge in [-0.2, -0.15) is 0 Å². The molecule has 4 aromatic rings. The van der Waals surface area contributed by atoms with E-state index < -0.39 is 0 Å². The molecule has 0 amide bonds. The van der Waals surface area contributed by atoms with Gasteiger partial charge in [0.1, 0.15) is 0 Å². The van der Waals surface area contributed by atoms with E-state index in [2.05, 4.69) is 39.6 Å². The molecule has 2 aromatic carbocycles. The number of aromatic nitrogens is 2. The molecule has 0 fully saturated rings. The minimum atomic E-state index is 0.736. The second kappa shape index (κ2) is 4.52. The van der Waals surface area contributed by atoms with Gasteiger partial charge in [0.2, 0.25) is 0 Å². The number of rotatable bonds is 2. The lowest BCUT2D eigenvalue weighted by atomic mass is 10.1. The first kappa shape index (κ1) is 11.8. The minimum Gasteiger partial charge on any atom is -0.399 e. The van der Waals surface area contributed by atoms with E-state index in [1.807, 2.05) is 30.5 Å². The van der Waals surface area contributed by atoms with Crippen molar-refractivity contribution in [2.45, 2.75) is 0 Å². The Morgan fingerprint density at radius 3 is 2.90 bits per heavy atom. The number of hydrogen-bond donors (Lipinski definition) is 3. The summed E-state index contributed by atoms with van der Waals surface area (Å²) >= 11 is 0. The van der Waals surface area contributed by atoms with E-state index in [-0.39, 0.29) is 0 Å². The number of nitrogens with one attached hydrogen (secondary N) is 2. The molecule has 0 saturated carbocycles. The fourth-order valence-electron chi connectivity index (χ4n) is 2.56. The molecular weight excluding hydrogens is 260 g/mol. The van der Waals surface area contributed by atoms with E-state index in [0.29, 0.717) is 0 Å². The molecule has 0 aliphatic rings. The van der Waals surface area contributed by atoms with Crippen LogP contribution in [0, 0.1) is 0 Å². The van der Waals surface area contributed by atoms with E-state index in [4.69, 9.17) is 5.73 Å². The molecule has 0 atom stereocenters. The van der Waals surface area contributed by atoms with Gasteiger partial charge < -0.3 is 16.0 Å². The van der Waals surface area contributed by atoms with Crippen LogP contribution in [0.2, 0.25) is 0 Å². The normalized spacial score (nSPS) is 11.0. The number of hydrogen-bond acceptors (Lipinski definition) is 3. The standard InChI is InChI=1S/C17H14N4/c18-12-1-3-16-14(10-12)17(6-8-20-16)21-13-2-4-15-11(9-13)5-7-19-15/h1-10,19H,18H2,(H,20,21). The van der Waals surface area contributed by atoms with Crippen molar-refractivity contribution >= 4 is 38.9 Å². The van der Waals surface area contributed by atoms with Gasteiger partial charge in [-0.3, -0.25) is 4.98 Å². The van der Waals surface area contributed by atoms with Crippen molar-refractivity contribution < 1.29 is 0 Å². The first-order chi connectivity index (χ1) is 10.3. The van der Waals surface area contributed by atoms with E-state index in [1.54, 1.807) is 6.20 Å². The van der Waals surface area contributed by atoms with Crippen molar-refractivity contribution in [2.75, 3.05) is 11.1 Å². The quantitative estimate of drug-likeness (QED) is 0.483. The Labute approximate surface area is 121 Å². The van der Waals surface area contributed by atoms with E-state index in [9.17, 15) is 0 Å². The van der Waals surface area contributed by atoms with Crippen LogP contribution in [-0.4, -0.2) is 9.97 Å². The zero-order chi connectivity index (χ0) is 14.2. The van der Waals surface area contributed by atoms with Crippen LogP contribution in [0.5, 0.6) is 0 Å². The molecule has 0 saturated heterocycles. The molecule has 0 aliphatic carbocycles. The van der Waals surface area contributed by atoms with E-state index in [0.717, 1.165) is 33.5 Å². The predicted octanol–water partition coefficient (Wildman–Crippen LogP) is 4.04. The fraction of sp³-hybridized carbons (Fsp3) is 0. The number of aromatic amines is 1. The third-order valence-electron chi connectivity index (χ3n) is 3.60. The van der Waals surface area contributed by atoms with Crippen molar-refractivity contribution in [1.29, 1.82) is 0 Å². The van der Waals surface area contributed by atoms with Gasteiger partial charge in [0.25, 0.3) is 0 Å². The lowest BCUT2D eigenvalue weighted by molar-refractivity contribution is 1.40. The van der Waals surface area contributed by atoms with Crippen LogP contribution in [0.3, 0.4) is 0 Å². The number of pyridine rings is 1. The second-order valence-electron chi connectivity index (χ2n) is 5.04. The predicted molar refractivity (Wildman–Crippen MR) is 87.7 cm³/mol. The van der Waals surface area contributed by atoms with Gasteiger partial charge in [0, 0.05) is 45.7 Å². The molecule has 102 valence electrons. The van der Waals surface area contributed by atoms with Crippen LogP contribution in [0.4, 0.5) is 17.1 Å². The Bertz CT molecular complexity index is 940. The summed E-state index contributed by atoms with van der Waals surface area (Å²) in [5, 5.41) is 5.65. The van der Waals surface area contributed by atoms with Crippen molar-refractivity contribution in [3.63, 3.8) is 0 Å². The monoisotopic (exact) mass is 274 g/mol. The summed E-state index contributed by atoms with van der Waals surface area (Å²) in [5.41, 5.74) is 10.7. The summed E-state index contributed by atoms with van der Waals surface area (Å²) in [6.45, 7) is 0. The smallest absolute Gasteiger partial charge is 0.0724 e. The highest BCUT2D eigenvalue weighted by atomic mass is 14.9. The second-order valence-corrected chi connectivity index (χ2v) is 5.04. The van der Waals surface area contributed by atoms with Crippen LogP contribution in [0.25, 0.3) is 21.8 Å². The van der Waals surface area contributed by atoms with Gasteiger partial charge in [-0.15, -0.1) is 0 Å². The average Bonchev–Trinajstić information content (AvgIpc) is 2.95. The molecule has 2 heterocycles. The largest absolute Gasteiger partial charge is 0.399 e. The van der Waals surface area contributed by atoms with E-state index >= 15 is 0 Å². The molecule has 0 bridgehead atoms. The van der Waals surface area contributed by atoms with Crippen LogP contribution < -0.4 is 11.1 Å². The molecule has 4 heteroatoms. The van der Waals surface area contributed by atoms with Gasteiger partial charge >= 0.3 is 0 Å². The first-order valence-electron chi connectivity index (χ1n) is 6.78. The van der Waals surface area contributed by atoms with Crippen LogP contribution in [0.1, 0.15) is 0 Å². The van der Waals surface area contributed by atoms with Crippen molar-refractivity contribution in [3.05, 3.63) is 60.9 Å². The summed E-state index contributed by atoms with van der Waals surface area (Å²) in [4.78, 5) is 7.56. The topological polar surface area (TPSA) is 66.7 Å². The van der Waals surface area contributed by atoms with Crippen molar-refractivity contribution in [1.82, 2.24) is 9.97 Å². The summed E-state index contributed by atoms with van der Waals surface area (Å²) in [6.07, 6.45) is 3.74. The highest BCUT2D eigenvalue weighted by molar-refractivity contribution is 5.95. The van der Waals surface area contributed by atoms with Crippen molar-refractivity contribution in [3.8, 4) is 0 Å². The summed E-state index contributed by atoms with van der Waals surface area (Å²) < 4.78 is 0. The Balaban J connectivity index is 1.81. The maximum Gasteiger partial charge on any atom is 0.0724 e. The molecule has 4 rings (SSSR count). The minimum absolute atomic E-state index is 0.736. The van der Waals surface area contributed by atoms with Gasteiger partial charge in [-0.25, -0.2) is 0 Å². The summed E-state index contributed by atoms with van der Waals surface area (Å²) in [5.74, 6) is 0. The highest BCUT2D eigenvalue weighted by Gasteiger charge is 2.04. The lowest BCUT2D eigenvalue weighted by Gasteiger charge is -2.10. The third-order valence-corrected chi connectivity index (χ3v) is 3.60. The molecule has 0 unspecified atom stereocenters. The number of anilines is 3. The highest BCUT2D eigenvalue weighted by Crippen LogP contribution is 2.28. The lowest BCUT2D eigenvalue weighted by Crippen LogP contribution is -1.93. The molecule has 4 N–H and O–H groups in total. The zero-order valence-electron chi connectivity index (χ0n) is 11.3. The van der Waals surface area contributed by atoms with Crippen LogP contribution in [-0.2, 0) is 0 Å².